The fourth-order valence-electron chi connectivity index (χ4n) is 2.31. The number of hydrogen-bond donors (Lipinski definition) is 2. The molecule has 0 aliphatic carbocycles. The molecular weight excluding hydrogens is 292 g/mol. The Kier molecular flexibility index (Phi) is 6.68. The van der Waals surface area contributed by atoms with E-state index in [1.807, 2.05) is 20.2 Å². The van der Waals surface area contributed by atoms with E-state index < -0.39 is 0 Å². The third-order valence-corrected chi connectivity index (χ3v) is 3.93. The lowest BCUT2D eigenvalue weighted by Gasteiger charge is -2.26. The molecule has 0 aromatic heterocycles. The van der Waals surface area contributed by atoms with Crippen LogP contribution in [0.15, 0.2) is 22.7 Å². The zero-order chi connectivity index (χ0) is 13.5. The summed E-state index contributed by atoms with van der Waals surface area (Å²) in [6, 6.07) is 6.63. The zero-order valence-electron chi connectivity index (χ0n) is 11.6. The highest BCUT2D eigenvalue weighted by molar-refractivity contribution is 9.10. The van der Waals surface area contributed by atoms with Crippen LogP contribution < -0.4 is 15.4 Å². The van der Waals surface area contributed by atoms with Crippen LogP contribution in [0.3, 0.4) is 0 Å². The van der Waals surface area contributed by atoms with Crippen molar-refractivity contribution in [1.29, 1.82) is 0 Å². The largest absolute Gasteiger partial charge is 0.496 e. The lowest BCUT2D eigenvalue weighted by Crippen LogP contribution is -2.31. The van der Waals surface area contributed by atoms with Crippen LogP contribution in [0.25, 0.3) is 0 Å². The Morgan fingerprint density at radius 1 is 1.33 bits per heavy atom. The Hall–Kier alpha value is -0.580. The summed E-state index contributed by atoms with van der Waals surface area (Å²) in [5, 5.41) is 6.68. The van der Waals surface area contributed by atoms with Gasteiger partial charge in [-0.1, -0.05) is 19.4 Å². The summed E-state index contributed by atoms with van der Waals surface area (Å²) in [6.07, 6.45) is 1.13. The molecule has 4 heteroatoms. The van der Waals surface area contributed by atoms with Gasteiger partial charge in [-0.25, -0.2) is 0 Å². The molecule has 1 aromatic carbocycles. The first kappa shape index (κ1) is 15.5. The van der Waals surface area contributed by atoms with Gasteiger partial charge >= 0.3 is 0 Å². The topological polar surface area (TPSA) is 33.3 Å². The molecule has 1 aromatic rings. The summed E-state index contributed by atoms with van der Waals surface area (Å²) >= 11 is 3.55. The van der Waals surface area contributed by atoms with Crippen molar-refractivity contribution in [1.82, 2.24) is 10.6 Å². The molecule has 0 fully saturated rings. The first-order chi connectivity index (χ1) is 8.67. The van der Waals surface area contributed by atoms with Gasteiger partial charge in [0.15, 0.2) is 0 Å². The van der Waals surface area contributed by atoms with Gasteiger partial charge in [-0.2, -0.15) is 0 Å². The fraction of sp³-hybridized carbons (Fsp3) is 0.571. The number of ether oxygens (including phenoxy) is 1. The van der Waals surface area contributed by atoms with Gasteiger partial charge < -0.3 is 15.4 Å². The smallest absolute Gasteiger partial charge is 0.133 e. The van der Waals surface area contributed by atoms with E-state index in [1.54, 1.807) is 7.11 Å². The minimum Gasteiger partial charge on any atom is -0.496 e. The van der Waals surface area contributed by atoms with Crippen LogP contribution in [0.5, 0.6) is 5.75 Å². The Balaban J connectivity index is 2.97. The average Bonchev–Trinajstić information content (AvgIpc) is 2.38. The fourth-order valence-corrected chi connectivity index (χ4v) is 2.87. The van der Waals surface area contributed by atoms with Crippen molar-refractivity contribution < 1.29 is 4.74 Å². The molecule has 102 valence electrons. The van der Waals surface area contributed by atoms with Gasteiger partial charge in [-0.05, 0) is 60.2 Å². The monoisotopic (exact) mass is 314 g/mol. The van der Waals surface area contributed by atoms with Crippen LogP contribution >= 0.6 is 15.9 Å². The van der Waals surface area contributed by atoms with Crippen LogP contribution in [0.4, 0.5) is 0 Å². The van der Waals surface area contributed by atoms with E-state index in [0.717, 1.165) is 23.2 Å². The summed E-state index contributed by atoms with van der Waals surface area (Å²) < 4.78 is 6.27. The molecule has 0 saturated heterocycles. The molecule has 0 saturated carbocycles. The van der Waals surface area contributed by atoms with Crippen LogP contribution in [0.2, 0.25) is 0 Å². The molecule has 18 heavy (non-hydrogen) atoms. The molecule has 1 rings (SSSR count). The minimum absolute atomic E-state index is 0.352. The van der Waals surface area contributed by atoms with Crippen LogP contribution in [-0.4, -0.2) is 27.7 Å². The molecule has 0 radical (unpaired) electrons. The number of halogens is 1. The molecule has 0 bridgehead atoms. The van der Waals surface area contributed by atoms with Crippen LogP contribution in [0.1, 0.15) is 24.9 Å². The first-order valence-electron chi connectivity index (χ1n) is 6.33. The van der Waals surface area contributed by atoms with E-state index in [9.17, 15) is 0 Å². The molecule has 2 N–H and O–H groups in total. The second kappa shape index (κ2) is 7.77. The van der Waals surface area contributed by atoms with Gasteiger partial charge in [0, 0.05) is 6.04 Å². The van der Waals surface area contributed by atoms with Gasteiger partial charge in [0.05, 0.1) is 11.6 Å². The van der Waals surface area contributed by atoms with Crippen molar-refractivity contribution in [3.05, 3.63) is 28.2 Å². The third kappa shape index (κ3) is 3.70. The Labute approximate surface area is 118 Å². The van der Waals surface area contributed by atoms with Crippen molar-refractivity contribution >= 4 is 15.9 Å². The van der Waals surface area contributed by atoms with Crippen molar-refractivity contribution in [2.24, 2.45) is 5.92 Å². The zero-order valence-corrected chi connectivity index (χ0v) is 13.2. The maximum absolute atomic E-state index is 5.27. The summed E-state index contributed by atoms with van der Waals surface area (Å²) in [6.45, 7) is 3.23. The summed E-state index contributed by atoms with van der Waals surface area (Å²) in [5.74, 6) is 1.44. The Morgan fingerprint density at radius 3 is 2.50 bits per heavy atom. The van der Waals surface area contributed by atoms with Gasteiger partial charge in [0.25, 0.3) is 0 Å². The van der Waals surface area contributed by atoms with E-state index >= 15 is 0 Å². The van der Waals surface area contributed by atoms with Crippen molar-refractivity contribution in [3.63, 3.8) is 0 Å². The lowest BCUT2D eigenvalue weighted by atomic mass is 9.91. The van der Waals surface area contributed by atoms with Crippen LogP contribution in [-0.2, 0) is 0 Å². The third-order valence-electron chi connectivity index (χ3n) is 3.31. The first-order valence-corrected chi connectivity index (χ1v) is 7.12. The molecule has 0 amide bonds. The normalized spacial score (nSPS) is 14.3. The minimum atomic E-state index is 0.352. The van der Waals surface area contributed by atoms with E-state index in [2.05, 4.69) is 45.6 Å². The molecule has 0 aliphatic heterocycles. The Morgan fingerprint density at radius 2 is 2.06 bits per heavy atom. The molecule has 0 heterocycles. The highest BCUT2D eigenvalue weighted by Gasteiger charge is 2.20. The lowest BCUT2D eigenvalue weighted by molar-refractivity contribution is 0.358. The average molecular weight is 315 g/mol. The SMILES string of the molecule is CCC(CNC)C(NC)c1ccc(OC)c(Br)c1. The molecule has 0 spiro atoms. The van der Waals surface area contributed by atoms with Crippen molar-refractivity contribution in [2.45, 2.75) is 19.4 Å². The second-order valence-electron chi connectivity index (χ2n) is 4.39. The van der Waals surface area contributed by atoms with Crippen molar-refractivity contribution in [3.8, 4) is 5.75 Å². The quantitative estimate of drug-likeness (QED) is 0.812. The molecule has 0 aliphatic rings. The summed E-state index contributed by atoms with van der Waals surface area (Å²) in [7, 11) is 5.70. The highest BCUT2D eigenvalue weighted by Crippen LogP contribution is 2.31. The highest BCUT2D eigenvalue weighted by atomic mass is 79.9. The molecule has 2 atom stereocenters. The molecule has 2 unspecified atom stereocenters. The van der Waals surface area contributed by atoms with Gasteiger partial charge in [0.2, 0.25) is 0 Å². The predicted molar refractivity (Wildman–Crippen MR) is 80.2 cm³/mol. The number of rotatable bonds is 7. The predicted octanol–water partition coefficient (Wildman–Crippen LogP) is 2.96. The van der Waals surface area contributed by atoms with Gasteiger partial charge in [-0.3, -0.25) is 0 Å². The number of hydrogen-bond acceptors (Lipinski definition) is 3. The van der Waals surface area contributed by atoms with Gasteiger partial charge in [0.1, 0.15) is 5.75 Å². The maximum atomic E-state index is 5.27. The summed E-state index contributed by atoms with van der Waals surface area (Å²) in [5.41, 5.74) is 1.28. The molecule has 3 nitrogen and oxygen atoms in total. The Bertz CT molecular complexity index is 371. The van der Waals surface area contributed by atoms with E-state index in [4.69, 9.17) is 4.74 Å². The number of nitrogens with one attached hydrogen (secondary N) is 2. The van der Waals surface area contributed by atoms with E-state index in [-0.39, 0.29) is 0 Å². The van der Waals surface area contributed by atoms with E-state index in [1.165, 1.54) is 5.56 Å². The second-order valence-corrected chi connectivity index (χ2v) is 5.24. The van der Waals surface area contributed by atoms with Crippen LogP contribution in [0, 0.1) is 5.92 Å². The van der Waals surface area contributed by atoms with Crippen molar-refractivity contribution in [2.75, 3.05) is 27.7 Å². The maximum Gasteiger partial charge on any atom is 0.133 e. The molecular formula is C14H23BrN2O. The number of methoxy groups -OCH3 is 1. The summed E-state index contributed by atoms with van der Waals surface area (Å²) in [4.78, 5) is 0. The van der Waals surface area contributed by atoms with Gasteiger partial charge in [-0.15, -0.1) is 0 Å². The van der Waals surface area contributed by atoms with E-state index in [0.29, 0.717) is 12.0 Å². The number of benzene rings is 1. The standard InChI is InChI=1S/C14H23BrN2O/c1-5-10(9-16-2)14(17-3)11-6-7-13(18-4)12(15)8-11/h6-8,10,14,16-17H,5,9H2,1-4H3.